The number of pyridine rings is 1. The van der Waals surface area contributed by atoms with E-state index >= 15 is 0 Å². The van der Waals surface area contributed by atoms with Crippen LogP contribution in [0.4, 0.5) is 10.1 Å². The highest BCUT2D eigenvalue weighted by molar-refractivity contribution is 5.96. The third-order valence-corrected chi connectivity index (χ3v) is 5.51. The molecule has 7 nitrogen and oxygen atoms in total. The second-order valence-electron chi connectivity index (χ2n) is 7.92. The summed E-state index contributed by atoms with van der Waals surface area (Å²) in [6, 6.07) is 18.8. The molecule has 0 saturated carbocycles. The summed E-state index contributed by atoms with van der Waals surface area (Å²) in [6.45, 7) is 2.21. The standard InChI is InChI=1S/C28H26FN3O4/c1-3-22(28(34)31-13-11-18-7-5-4-6-8-18)32-19-9-10-26(21(29)15-19)36-25-12-14-30-23-17-24(33)27(35-2)16-20(23)25/h3-10,12,14-17,32-33H,11,13H2,1-2H3,(H,31,34). The van der Waals surface area contributed by atoms with E-state index in [1.807, 2.05) is 30.3 Å². The van der Waals surface area contributed by atoms with Crippen LogP contribution in [0.2, 0.25) is 0 Å². The Bertz CT molecular complexity index is 1410. The van der Waals surface area contributed by atoms with Gasteiger partial charge < -0.3 is 25.2 Å². The van der Waals surface area contributed by atoms with Crippen molar-refractivity contribution in [2.24, 2.45) is 0 Å². The van der Waals surface area contributed by atoms with Gasteiger partial charge in [0.2, 0.25) is 0 Å². The van der Waals surface area contributed by atoms with Crippen molar-refractivity contribution < 1.29 is 23.8 Å². The van der Waals surface area contributed by atoms with Crippen molar-refractivity contribution in [3.05, 3.63) is 96.1 Å². The highest BCUT2D eigenvalue weighted by Gasteiger charge is 2.14. The van der Waals surface area contributed by atoms with E-state index in [1.54, 1.807) is 31.2 Å². The average molecular weight is 488 g/mol. The maximum atomic E-state index is 14.9. The third kappa shape index (κ3) is 5.72. The lowest BCUT2D eigenvalue weighted by atomic mass is 10.1. The van der Waals surface area contributed by atoms with E-state index in [0.717, 1.165) is 5.56 Å². The van der Waals surface area contributed by atoms with Crippen molar-refractivity contribution in [1.29, 1.82) is 0 Å². The van der Waals surface area contributed by atoms with Crippen LogP contribution in [0.15, 0.2) is 84.7 Å². The molecule has 0 aliphatic heterocycles. The van der Waals surface area contributed by atoms with E-state index in [1.165, 1.54) is 31.5 Å². The molecule has 0 atom stereocenters. The smallest absolute Gasteiger partial charge is 0.267 e. The number of methoxy groups -OCH3 is 1. The Labute approximate surface area is 208 Å². The molecule has 1 aromatic heterocycles. The molecule has 0 aliphatic rings. The quantitative estimate of drug-likeness (QED) is 0.268. The van der Waals surface area contributed by atoms with Crippen LogP contribution >= 0.6 is 0 Å². The largest absolute Gasteiger partial charge is 0.504 e. The van der Waals surface area contributed by atoms with Crippen molar-refractivity contribution in [3.63, 3.8) is 0 Å². The third-order valence-electron chi connectivity index (χ3n) is 5.51. The van der Waals surface area contributed by atoms with Gasteiger partial charge in [0, 0.05) is 35.9 Å². The van der Waals surface area contributed by atoms with Crippen LogP contribution in [0.3, 0.4) is 0 Å². The number of ether oxygens (including phenoxy) is 2. The number of nitrogens with one attached hydrogen (secondary N) is 2. The molecule has 8 heteroatoms. The Morgan fingerprint density at radius 3 is 2.58 bits per heavy atom. The van der Waals surface area contributed by atoms with Gasteiger partial charge in [-0.1, -0.05) is 36.4 Å². The fourth-order valence-corrected chi connectivity index (χ4v) is 3.64. The van der Waals surface area contributed by atoms with Gasteiger partial charge >= 0.3 is 0 Å². The molecule has 0 radical (unpaired) electrons. The minimum atomic E-state index is -0.615. The number of fused-ring (bicyclic) bond motifs is 1. The maximum Gasteiger partial charge on any atom is 0.267 e. The molecule has 0 saturated heterocycles. The van der Waals surface area contributed by atoms with E-state index in [2.05, 4.69) is 15.6 Å². The summed E-state index contributed by atoms with van der Waals surface area (Å²) >= 11 is 0. The van der Waals surface area contributed by atoms with Crippen molar-refractivity contribution in [3.8, 4) is 23.0 Å². The predicted octanol–water partition coefficient (Wildman–Crippen LogP) is 5.56. The molecule has 0 unspecified atom stereocenters. The summed E-state index contributed by atoms with van der Waals surface area (Å²) in [7, 11) is 1.44. The fourth-order valence-electron chi connectivity index (χ4n) is 3.64. The summed E-state index contributed by atoms with van der Waals surface area (Å²) in [4.78, 5) is 16.8. The molecule has 0 fully saturated rings. The molecule has 3 N–H and O–H groups in total. The first-order chi connectivity index (χ1) is 17.5. The van der Waals surface area contributed by atoms with Crippen LogP contribution in [0, 0.1) is 5.82 Å². The van der Waals surface area contributed by atoms with Gasteiger partial charge in [-0.15, -0.1) is 0 Å². The molecule has 1 heterocycles. The lowest BCUT2D eigenvalue weighted by Gasteiger charge is -2.14. The summed E-state index contributed by atoms with van der Waals surface area (Å²) in [5.74, 6) is -0.356. The Kier molecular flexibility index (Phi) is 7.65. The van der Waals surface area contributed by atoms with Crippen LogP contribution in [-0.4, -0.2) is 29.7 Å². The van der Waals surface area contributed by atoms with Crippen LogP contribution in [-0.2, 0) is 11.2 Å². The topological polar surface area (TPSA) is 92.7 Å². The second kappa shape index (κ2) is 11.2. The van der Waals surface area contributed by atoms with Gasteiger partial charge in [-0.05, 0) is 43.2 Å². The number of phenolic OH excluding ortho intramolecular Hbond substituents is 1. The van der Waals surface area contributed by atoms with Crippen LogP contribution in [0.25, 0.3) is 10.9 Å². The van der Waals surface area contributed by atoms with Crippen molar-refractivity contribution in [2.75, 3.05) is 19.0 Å². The van der Waals surface area contributed by atoms with Crippen molar-refractivity contribution >= 4 is 22.5 Å². The Morgan fingerprint density at radius 1 is 1.06 bits per heavy atom. The van der Waals surface area contributed by atoms with Gasteiger partial charge in [-0.3, -0.25) is 9.78 Å². The first-order valence-corrected chi connectivity index (χ1v) is 11.4. The van der Waals surface area contributed by atoms with E-state index < -0.39 is 5.82 Å². The van der Waals surface area contributed by atoms with E-state index in [4.69, 9.17) is 9.47 Å². The number of amides is 1. The van der Waals surface area contributed by atoms with Crippen molar-refractivity contribution in [2.45, 2.75) is 13.3 Å². The molecule has 0 bridgehead atoms. The van der Waals surface area contributed by atoms with Crippen LogP contribution < -0.4 is 20.1 Å². The number of phenols is 1. The average Bonchev–Trinajstić information content (AvgIpc) is 2.89. The van der Waals surface area contributed by atoms with Gasteiger partial charge in [0.05, 0.1) is 18.3 Å². The molecular formula is C28H26FN3O4. The summed E-state index contributed by atoms with van der Waals surface area (Å²) in [6.07, 6.45) is 3.84. The molecule has 0 aliphatic carbocycles. The van der Waals surface area contributed by atoms with Crippen LogP contribution in [0.5, 0.6) is 23.0 Å². The van der Waals surface area contributed by atoms with E-state index in [9.17, 15) is 14.3 Å². The number of rotatable bonds is 9. The Balaban J connectivity index is 1.44. The normalized spacial score (nSPS) is 11.2. The number of aromatic hydroxyl groups is 1. The zero-order valence-electron chi connectivity index (χ0n) is 19.9. The number of aromatic nitrogens is 1. The Morgan fingerprint density at radius 2 is 1.86 bits per heavy atom. The minimum Gasteiger partial charge on any atom is -0.504 e. The van der Waals surface area contributed by atoms with Crippen molar-refractivity contribution in [1.82, 2.24) is 10.3 Å². The van der Waals surface area contributed by atoms with Gasteiger partial charge in [0.15, 0.2) is 23.1 Å². The number of nitrogens with zero attached hydrogens (tertiary/aromatic N) is 1. The maximum absolute atomic E-state index is 14.9. The number of carbonyl (C=O) groups excluding carboxylic acids is 1. The number of carbonyl (C=O) groups is 1. The summed E-state index contributed by atoms with van der Waals surface area (Å²) in [5.41, 5.74) is 2.31. The molecule has 36 heavy (non-hydrogen) atoms. The van der Waals surface area contributed by atoms with E-state index in [-0.39, 0.29) is 23.2 Å². The molecular weight excluding hydrogens is 461 g/mol. The number of hydrogen-bond acceptors (Lipinski definition) is 6. The lowest BCUT2D eigenvalue weighted by molar-refractivity contribution is -0.117. The van der Waals surface area contributed by atoms with Gasteiger partial charge in [-0.2, -0.15) is 0 Å². The fraction of sp³-hybridized carbons (Fsp3) is 0.143. The highest BCUT2D eigenvalue weighted by atomic mass is 19.1. The molecule has 184 valence electrons. The molecule has 3 aromatic carbocycles. The molecule has 4 rings (SSSR count). The SMILES string of the molecule is CC=C(Nc1ccc(Oc2ccnc3cc(O)c(OC)cc23)c(F)c1)C(=O)NCCc1ccccc1. The number of halogens is 1. The van der Waals surface area contributed by atoms with Gasteiger partial charge in [0.1, 0.15) is 5.75 Å². The summed E-state index contributed by atoms with van der Waals surface area (Å²) < 4.78 is 25.9. The Hall–Kier alpha value is -4.59. The molecule has 4 aromatic rings. The van der Waals surface area contributed by atoms with E-state index in [0.29, 0.717) is 41.0 Å². The zero-order chi connectivity index (χ0) is 25.5. The zero-order valence-corrected chi connectivity index (χ0v) is 19.9. The first-order valence-electron chi connectivity index (χ1n) is 11.4. The number of allylic oxidation sites excluding steroid dienone is 1. The van der Waals surface area contributed by atoms with Gasteiger partial charge in [0.25, 0.3) is 5.91 Å². The minimum absolute atomic E-state index is 0.00516. The van der Waals surface area contributed by atoms with Crippen LogP contribution in [0.1, 0.15) is 12.5 Å². The monoisotopic (exact) mass is 487 g/mol. The second-order valence-corrected chi connectivity index (χ2v) is 7.92. The number of anilines is 1. The van der Waals surface area contributed by atoms with Gasteiger partial charge in [-0.25, -0.2) is 4.39 Å². The highest BCUT2D eigenvalue weighted by Crippen LogP contribution is 2.37. The number of hydrogen-bond donors (Lipinski definition) is 3. The predicted molar refractivity (Wildman–Crippen MR) is 137 cm³/mol. The lowest BCUT2D eigenvalue weighted by Crippen LogP contribution is -2.29. The number of benzene rings is 3. The molecule has 0 spiro atoms. The first kappa shape index (κ1) is 24.5. The molecule has 1 amide bonds. The summed E-state index contributed by atoms with van der Waals surface area (Å²) in [5, 5.41) is 16.4.